The van der Waals surface area contributed by atoms with Gasteiger partial charge in [0, 0.05) is 46.4 Å². The van der Waals surface area contributed by atoms with Crippen molar-refractivity contribution in [2.24, 2.45) is 0 Å². The number of methoxy groups -OCH3 is 1. The summed E-state index contributed by atoms with van der Waals surface area (Å²) in [6.07, 6.45) is 0.674. The highest BCUT2D eigenvalue weighted by atomic mass is 19.1. The van der Waals surface area contributed by atoms with Crippen LogP contribution in [0.4, 0.5) is 4.39 Å². The summed E-state index contributed by atoms with van der Waals surface area (Å²) in [5.41, 5.74) is 1.25. The van der Waals surface area contributed by atoms with E-state index in [1.165, 1.54) is 41.9 Å². The fourth-order valence-electron chi connectivity index (χ4n) is 3.33. The van der Waals surface area contributed by atoms with E-state index >= 15 is 0 Å². The zero-order chi connectivity index (χ0) is 22.4. The highest BCUT2D eigenvalue weighted by Crippen LogP contribution is 2.17. The molecule has 1 N–H and O–H groups in total. The number of likely N-dealkylation sites (N-methyl/N-ethyl adjacent to an activating group) is 1. The number of fused-ring (bicyclic) bond motifs is 1. The Morgan fingerprint density at radius 2 is 2.00 bits per heavy atom. The molecule has 0 spiro atoms. The molecule has 0 unspecified atom stereocenters. The number of ether oxygens (including phenoxy) is 1. The zero-order valence-corrected chi connectivity index (χ0v) is 17.6. The van der Waals surface area contributed by atoms with Gasteiger partial charge < -0.3 is 19.9 Å². The molecule has 2 aromatic rings. The Balaban J connectivity index is 1.68. The van der Waals surface area contributed by atoms with Crippen LogP contribution in [0.5, 0.6) is 0 Å². The number of nitrogens with zero attached hydrogens (tertiary/aromatic N) is 4. The van der Waals surface area contributed by atoms with E-state index in [-0.39, 0.29) is 29.9 Å². The van der Waals surface area contributed by atoms with Gasteiger partial charge in [0.2, 0.25) is 5.91 Å². The smallest absolute Gasteiger partial charge is 0.274 e. The van der Waals surface area contributed by atoms with Crippen molar-refractivity contribution >= 4 is 17.7 Å². The third-order valence-electron chi connectivity index (χ3n) is 4.95. The highest BCUT2D eigenvalue weighted by Gasteiger charge is 2.27. The fraction of sp³-hybridized carbons (Fsp3) is 0.429. The molecule has 0 atom stereocenters. The minimum atomic E-state index is -0.444. The van der Waals surface area contributed by atoms with E-state index in [2.05, 4.69) is 10.4 Å². The third kappa shape index (κ3) is 5.66. The second kappa shape index (κ2) is 10.2. The third-order valence-corrected chi connectivity index (χ3v) is 4.95. The van der Waals surface area contributed by atoms with Gasteiger partial charge in [-0.2, -0.15) is 5.10 Å². The quantitative estimate of drug-likeness (QED) is 0.627. The molecule has 0 saturated carbocycles. The summed E-state index contributed by atoms with van der Waals surface area (Å²) in [5.74, 6) is -1.33. The number of carbonyl (C=O) groups is 3. The molecule has 1 aliphatic rings. The molecule has 3 rings (SSSR count). The fourth-order valence-corrected chi connectivity index (χ4v) is 3.33. The van der Waals surface area contributed by atoms with E-state index in [1.807, 2.05) is 0 Å². The number of nitrogens with one attached hydrogen (secondary N) is 1. The van der Waals surface area contributed by atoms with Crippen LogP contribution in [0.1, 0.15) is 33.0 Å². The van der Waals surface area contributed by atoms with E-state index in [0.29, 0.717) is 44.9 Å². The average Bonchev–Trinajstić information content (AvgIpc) is 3.11. The second-order valence-electron chi connectivity index (χ2n) is 7.35. The molecule has 0 radical (unpaired) electrons. The van der Waals surface area contributed by atoms with Crippen molar-refractivity contribution in [3.8, 4) is 0 Å². The van der Waals surface area contributed by atoms with Crippen LogP contribution >= 0.6 is 0 Å². The lowest BCUT2D eigenvalue weighted by Gasteiger charge is -2.20. The SMILES string of the molecule is COCCNC(=O)CN(C)C(=O)c1cc2n(n1)CCCN(Cc1ccc(F)cc1)C2=O. The molecule has 0 aliphatic carbocycles. The number of amides is 3. The molecular weight excluding hydrogens is 405 g/mol. The number of aromatic nitrogens is 2. The van der Waals surface area contributed by atoms with Crippen molar-refractivity contribution in [2.45, 2.75) is 19.5 Å². The van der Waals surface area contributed by atoms with Crippen LogP contribution in [0.3, 0.4) is 0 Å². The molecule has 1 aromatic heterocycles. The summed E-state index contributed by atoms with van der Waals surface area (Å²) in [7, 11) is 3.04. The van der Waals surface area contributed by atoms with Crippen LogP contribution in [0.2, 0.25) is 0 Å². The molecule has 31 heavy (non-hydrogen) atoms. The van der Waals surface area contributed by atoms with Gasteiger partial charge in [-0.1, -0.05) is 12.1 Å². The normalized spacial score (nSPS) is 13.5. The maximum Gasteiger partial charge on any atom is 0.274 e. The lowest BCUT2D eigenvalue weighted by molar-refractivity contribution is -0.121. The Bertz CT molecular complexity index is 944. The number of hydrogen-bond donors (Lipinski definition) is 1. The Morgan fingerprint density at radius 1 is 1.26 bits per heavy atom. The van der Waals surface area contributed by atoms with Crippen LogP contribution in [0, 0.1) is 5.82 Å². The summed E-state index contributed by atoms with van der Waals surface area (Å²) in [6.45, 7) is 1.98. The number of benzene rings is 1. The predicted molar refractivity (Wildman–Crippen MR) is 110 cm³/mol. The van der Waals surface area contributed by atoms with Gasteiger partial charge in [0.15, 0.2) is 5.69 Å². The van der Waals surface area contributed by atoms with Crippen molar-refractivity contribution in [1.82, 2.24) is 24.9 Å². The molecule has 9 nitrogen and oxygen atoms in total. The first kappa shape index (κ1) is 22.4. The minimum Gasteiger partial charge on any atom is -0.383 e. The molecule has 10 heteroatoms. The minimum absolute atomic E-state index is 0.110. The lowest BCUT2D eigenvalue weighted by atomic mass is 10.2. The van der Waals surface area contributed by atoms with Crippen LogP contribution in [0.25, 0.3) is 0 Å². The molecule has 0 saturated heterocycles. The Kier molecular flexibility index (Phi) is 7.35. The second-order valence-corrected chi connectivity index (χ2v) is 7.35. The van der Waals surface area contributed by atoms with E-state index in [1.54, 1.807) is 17.0 Å². The summed E-state index contributed by atoms with van der Waals surface area (Å²) < 4.78 is 19.6. The van der Waals surface area contributed by atoms with Gasteiger partial charge in [0.1, 0.15) is 11.5 Å². The molecule has 1 aliphatic heterocycles. The summed E-state index contributed by atoms with van der Waals surface area (Å²) >= 11 is 0. The maximum absolute atomic E-state index is 13.1. The van der Waals surface area contributed by atoms with E-state index < -0.39 is 5.91 Å². The van der Waals surface area contributed by atoms with Crippen LogP contribution in [0.15, 0.2) is 30.3 Å². The first-order valence-electron chi connectivity index (χ1n) is 10.0. The first-order chi connectivity index (χ1) is 14.9. The zero-order valence-electron chi connectivity index (χ0n) is 17.6. The van der Waals surface area contributed by atoms with Crippen molar-refractivity contribution in [3.63, 3.8) is 0 Å². The Labute approximate surface area is 179 Å². The number of rotatable bonds is 8. The summed E-state index contributed by atoms with van der Waals surface area (Å²) in [5, 5.41) is 6.94. The van der Waals surface area contributed by atoms with Crippen LogP contribution in [-0.4, -0.2) is 77.7 Å². The maximum atomic E-state index is 13.1. The number of aryl methyl sites for hydroxylation is 1. The van der Waals surface area contributed by atoms with Gasteiger partial charge in [-0.05, 0) is 24.1 Å². The van der Waals surface area contributed by atoms with Crippen molar-refractivity contribution < 1.29 is 23.5 Å². The monoisotopic (exact) mass is 431 g/mol. The average molecular weight is 431 g/mol. The summed E-state index contributed by atoms with van der Waals surface area (Å²) in [6, 6.07) is 7.48. The Morgan fingerprint density at radius 3 is 2.71 bits per heavy atom. The largest absolute Gasteiger partial charge is 0.383 e. The lowest BCUT2D eigenvalue weighted by Crippen LogP contribution is -2.39. The Hall–Kier alpha value is -3.27. The highest BCUT2D eigenvalue weighted by molar-refractivity contribution is 5.99. The summed E-state index contributed by atoms with van der Waals surface area (Å²) in [4.78, 5) is 40.6. The van der Waals surface area contributed by atoms with Crippen molar-refractivity contribution in [3.05, 3.63) is 53.1 Å². The molecule has 2 heterocycles. The molecular formula is C21H26FN5O4. The van der Waals surface area contributed by atoms with E-state index in [4.69, 9.17) is 4.74 Å². The van der Waals surface area contributed by atoms with Crippen molar-refractivity contribution in [2.75, 3.05) is 40.4 Å². The molecule has 3 amide bonds. The van der Waals surface area contributed by atoms with Crippen LogP contribution < -0.4 is 5.32 Å². The molecule has 166 valence electrons. The van der Waals surface area contributed by atoms with Gasteiger partial charge in [0.25, 0.3) is 11.8 Å². The van der Waals surface area contributed by atoms with Gasteiger partial charge in [-0.25, -0.2) is 4.39 Å². The molecule has 0 fully saturated rings. The predicted octanol–water partition coefficient (Wildman–Crippen LogP) is 0.903. The van der Waals surface area contributed by atoms with Gasteiger partial charge in [-0.3, -0.25) is 19.1 Å². The van der Waals surface area contributed by atoms with E-state index in [9.17, 15) is 18.8 Å². The number of carbonyl (C=O) groups excluding carboxylic acids is 3. The number of hydrogen-bond acceptors (Lipinski definition) is 5. The number of halogens is 1. The van der Waals surface area contributed by atoms with E-state index in [0.717, 1.165) is 5.56 Å². The van der Waals surface area contributed by atoms with Gasteiger partial charge in [0.05, 0.1) is 13.2 Å². The first-order valence-corrected chi connectivity index (χ1v) is 10.0. The van der Waals surface area contributed by atoms with Crippen molar-refractivity contribution in [1.29, 1.82) is 0 Å². The molecule has 0 bridgehead atoms. The van der Waals surface area contributed by atoms with Gasteiger partial charge in [-0.15, -0.1) is 0 Å². The van der Waals surface area contributed by atoms with Crippen LogP contribution in [-0.2, 0) is 22.6 Å². The molecule has 1 aromatic carbocycles. The van der Waals surface area contributed by atoms with Gasteiger partial charge >= 0.3 is 0 Å². The standard InChI is InChI=1S/C21H26FN5O4/c1-25(14-19(28)23-8-11-31-2)20(29)17-12-18-21(30)26(9-3-10-27(18)24-17)13-15-4-6-16(22)7-5-15/h4-7,12H,3,8-11,13-14H2,1-2H3,(H,23,28). The topological polar surface area (TPSA) is 96.8 Å².